The van der Waals surface area contributed by atoms with Crippen molar-refractivity contribution in [3.8, 4) is 5.69 Å². The van der Waals surface area contributed by atoms with Crippen LogP contribution < -0.4 is 5.56 Å². The minimum absolute atomic E-state index is 0.0404. The monoisotopic (exact) mass is 370 g/mol. The zero-order valence-corrected chi connectivity index (χ0v) is 15.5. The Balaban J connectivity index is 1.91. The summed E-state index contributed by atoms with van der Waals surface area (Å²) in [6.07, 6.45) is 1.79. The standard InChI is InChI=1S/C19H22N4O4/c1-12-5-4-6-17(13(12)2)23-11-20-16(8-18(23)25)19(26)22-9-14(21-27-3)7-15(22)10-24/h4-6,8,11,15,24H,7,9-10H2,1-3H3/b21-14-/t15-/m0/s1. The van der Waals surface area contributed by atoms with E-state index in [1.807, 2.05) is 32.0 Å². The fourth-order valence-electron chi connectivity index (χ4n) is 3.21. The van der Waals surface area contributed by atoms with Crippen molar-refractivity contribution in [3.63, 3.8) is 0 Å². The molecule has 1 aliphatic rings. The normalized spacial score (nSPS) is 18.1. The van der Waals surface area contributed by atoms with Gasteiger partial charge in [0.15, 0.2) is 0 Å². The Bertz CT molecular complexity index is 951. The summed E-state index contributed by atoms with van der Waals surface area (Å²) in [6, 6.07) is 6.49. The van der Waals surface area contributed by atoms with Crippen molar-refractivity contribution < 1.29 is 14.7 Å². The average molecular weight is 370 g/mol. The maximum atomic E-state index is 12.8. The molecule has 1 aromatic carbocycles. The van der Waals surface area contributed by atoms with Crippen molar-refractivity contribution in [2.45, 2.75) is 26.3 Å². The fraction of sp³-hybridized carbons (Fsp3) is 0.368. The number of carbonyl (C=O) groups excluding carboxylic acids is 1. The number of likely N-dealkylation sites (tertiary alicyclic amines) is 1. The van der Waals surface area contributed by atoms with Crippen LogP contribution in [0, 0.1) is 13.8 Å². The zero-order chi connectivity index (χ0) is 19.6. The molecule has 1 amide bonds. The molecule has 0 unspecified atom stereocenters. The first kappa shape index (κ1) is 18.8. The number of aryl methyl sites for hydroxylation is 1. The van der Waals surface area contributed by atoms with E-state index in [0.29, 0.717) is 12.1 Å². The summed E-state index contributed by atoms with van der Waals surface area (Å²) in [5.74, 6) is -0.416. The zero-order valence-electron chi connectivity index (χ0n) is 15.5. The number of aliphatic hydroxyl groups is 1. The number of benzene rings is 1. The minimum Gasteiger partial charge on any atom is -0.399 e. The first-order chi connectivity index (χ1) is 13.0. The number of carbonyl (C=O) groups is 1. The molecule has 3 rings (SSSR count). The fourth-order valence-corrected chi connectivity index (χ4v) is 3.21. The molecule has 27 heavy (non-hydrogen) atoms. The molecule has 0 saturated carbocycles. The molecule has 0 bridgehead atoms. The second kappa shape index (κ2) is 7.71. The Hall–Kier alpha value is -3.00. The summed E-state index contributed by atoms with van der Waals surface area (Å²) in [7, 11) is 1.43. The first-order valence-electron chi connectivity index (χ1n) is 8.62. The molecule has 0 radical (unpaired) electrons. The molecule has 8 nitrogen and oxygen atoms in total. The lowest BCUT2D eigenvalue weighted by Crippen LogP contribution is -2.39. The molecule has 142 valence electrons. The molecular weight excluding hydrogens is 348 g/mol. The van der Waals surface area contributed by atoms with E-state index in [1.165, 1.54) is 29.0 Å². The van der Waals surface area contributed by atoms with Crippen LogP contribution in [-0.2, 0) is 4.84 Å². The Morgan fingerprint density at radius 1 is 1.41 bits per heavy atom. The number of amides is 1. The lowest BCUT2D eigenvalue weighted by Gasteiger charge is -2.21. The van der Waals surface area contributed by atoms with Crippen molar-refractivity contribution in [2.75, 3.05) is 20.3 Å². The van der Waals surface area contributed by atoms with E-state index in [2.05, 4.69) is 10.1 Å². The van der Waals surface area contributed by atoms with Crippen LogP contribution in [-0.4, -0.2) is 57.5 Å². The van der Waals surface area contributed by atoms with Crippen molar-refractivity contribution >= 4 is 11.6 Å². The Morgan fingerprint density at radius 2 is 2.19 bits per heavy atom. The molecule has 1 atom stereocenters. The van der Waals surface area contributed by atoms with Gasteiger partial charge in [-0.15, -0.1) is 0 Å². The van der Waals surface area contributed by atoms with Gasteiger partial charge < -0.3 is 14.8 Å². The van der Waals surface area contributed by atoms with Gasteiger partial charge in [-0.25, -0.2) is 4.98 Å². The summed E-state index contributed by atoms with van der Waals surface area (Å²) < 4.78 is 1.42. The second-order valence-electron chi connectivity index (χ2n) is 6.52. The summed E-state index contributed by atoms with van der Waals surface area (Å²) in [5, 5.41) is 13.4. The molecule has 1 fully saturated rings. The van der Waals surface area contributed by atoms with Gasteiger partial charge in [-0.1, -0.05) is 17.3 Å². The SMILES string of the molecule is CO/N=C1/C[C@@H](CO)N(C(=O)c2cc(=O)n(-c3cccc(C)c3C)cn2)C1. The molecule has 1 aliphatic heterocycles. The highest BCUT2D eigenvalue weighted by molar-refractivity contribution is 5.99. The van der Waals surface area contributed by atoms with E-state index in [1.54, 1.807) is 0 Å². The van der Waals surface area contributed by atoms with Crippen LogP contribution in [0.2, 0.25) is 0 Å². The third-order valence-corrected chi connectivity index (χ3v) is 4.82. The van der Waals surface area contributed by atoms with Crippen LogP contribution in [0.15, 0.2) is 40.5 Å². The lowest BCUT2D eigenvalue weighted by molar-refractivity contribution is 0.0674. The van der Waals surface area contributed by atoms with E-state index < -0.39 is 11.9 Å². The number of hydrogen-bond donors (Lipinski definition) is 1. The van der Waals surface area contributed by atoms with Gasteiger partial charge in [-0.05, 0) is 31.0 Å². The maximum absolute atomic E-state index is 12.8. The van der Waals surface area contributed by atoms with Gasteiger partial charge in [-0.3, -0.25) is 14.2 Å². The largest absolute Gasteiger partial charge is 0.399 e. The van der Waals surface area contributed by atoms with Gasteiger partial charge in [-0.2, -0.15) is 0 Å². The number of aromatic nitrogens is 2. The molecule has 2 heterocycles. The van der Waals surface area contributed by atoms with Gasteiger partial charge >= 0.3 is 0 Å². The highest BCUT2D eigenvalue weighted by atomic mass is 16.6. The molecule has 0 aliphatic carbocycles. The highest BCUT2D eigenvalue weighted by Crippen LogP contribution is 2.19. The third kappa shape index (κ3) is 3.61. The van der Waals surface area contributed by atoms with Crippen molar-refractivity contribution in [1.82, 2.24) is 14.5 Å². The number of oxime groups is 1. The summed E-state index contributed by atoms with van der Waals surface area (Å²) in [6.45, 7) is 3.94. The summed E-state index contributed by atoms with van der Waals surface area (Å²) in [5.41, 5.74) is 3.13. The molecular formula is C19H22N4O4. The van der Waals surface area contributed by atoms with Crippen molar-refractivity contribution in [1.29, 1.82) is 0 Å². The van der Waals surface area contributed by atoms with E-state index in [4.69, 9.17) is 4.84 Å². The van der Waals surface area contributed by atoms with Crippen LogP contribution in [0.25, 0.3) is 5.69 Å². The predicted molar refractivity (Wildman–Crippen MR) is 100 cm³/mol. The van der Waals surface area contributed by atoms with Crippen molar-refractivity contribution in [2.24, 2.45) is 5.16 Å². The maximum Gasteiger partial charge on any atom is 0.273 e. The van der Waals surface area contributed by atoms with E-state index in [-0.39, 0.29) is 24.4 Å². The smallest absolute Gasteiger partial charge is 0.273 e. The van der Waals surface area contributed by atoms with E-state index >= 15 is 0 Å². The van der Waals surface area contributed by atoms with Crippen LogP contribution >= 0.6 is 0 Å². The van der Waals surface area contributed by atoms with Gasteiger partial charge in [0.1, 0.15) is 19.1 Å². The molecule has 8 heteroatoms. The first-order valence-corrected chi connectivity index (χ1v) is 8.62. The van der Waals surface area contributed by atoms with Gasteiger partial charge in [0.05, 0.1) is 30.6 Å². The Labute approximate surface area is 156 Å². The molecule has 0 spiro atoms. The average Bonchev–Trinajstić information content (AvgIpc) is 3.07. The summed E-state index contributed by atoms with van der Waals surface area (Å²) >= 11 is 0. The Morgan fingerprint density at radius 3 is 2.85 bits per heavy atom. The van der Waals surface area contributed by atoms with Crippen LogP contribution in [0.3, 0.4) is 0 Å². The topological polar surface area (TPSA) is 97.0 Å². The predicted octanol–water partition coefficient (Wildman–Crippen LogP) is 1.06. The molecule has 1 saturated heterocycles. The number of aliphatic hydroxyl groups excluding tert-OH is 1. The van der Waals surface area contributed by atoms with Gasteiger partial charge in [0, 0.05) is 12.5 Å². The summed E-state index contributed by atoms with van der Waals surface area (Å²) in [4.78, 5) is 35.8. The number of nitrogens with zero attached hydrogens (tertiary/aromatic N) is 4. The van der Waals surface area contributed by atoms with Gasteiger partial charge in [0.2, 0.25) is 0 Å². The highest BCUT2D eigenvalue weighted by Gasteiger charge is 2.34. The minimum atomic E-state index is -0.416. The lowest BCUT2D eigenvalue weighted by atomic mass is 10.1. The third-order valence-electron chi connectivity index (χ3n) is 4.82. The quantitative estimate of drug-likeness (QED) is 0.812. The molecule has 1 N–H and O–H groups in total. The second-order valence-corrected chi connectivity index (χ2v) is 6.52. The molecule has 1 aromatic heterocycles. The number of hydrogen-bond acceptors (Lipinski definition) is 6. The van der Waals surface area contributed by atoms with E-state index in [0.717, 1.165) is 16.8 Å². The van der Waals surface area contributed by atoms with Crippen LogP contribution in [0.1, 0.15) is 28.0 Å². The van der Waals surface area contributed by atoms with Crippen LogP contribution in [0.4, 0.5) is 0 Å². The van der Waals surface area contributed by atoms with Crippen LogP contribution in [0.5, 0.6) is 0 Å². The number of rotatable bonds is 4. The van der Waals surface area contributed by atoms with E-state index in [9.17, 15) is 14.7 Å². The van der Waals surface area contributed by atoms with Crippen molar-refractivity contribution in [3.05, 3.63) is 57.8 Å². The molecule has 2 aromatic rings. The Kier molecular flexibility index (Phi) is 5.36. The van der Waals surface area contributed by atoms with Gasteiger partial charge in [0.25, 0.3) is 11.5 Å².